The average Bonchev–Trinajstić information content (AvgIpc) is 2.70. The van der Waals surface area contributed by atoms with Gasteiger partial charge in [-0.15, -0.1) is 0 Å². The third kappa shape index (κ3) is 3.82. The van der Waals surface area contributed by atoms with Crippen LogP contribution in [0.5, 0.6) is 5.75 Å². The normalized spacial score (nSPS) is 17.1. The number of nitrogens with zero attached hydrogens (tertiary/aromatic N) is 2. The number of nitrogens with one attached hydrogen (secondary N) is 1. The highest BCUT2D eigenvalue weighted by atomic mass is 32.2. The molecule has 0 aromatic heterocycles. The maximum Gasteiger partial charge on any atom is 0.301 e. The van der Waals surface area contributed by atoms with E-state index in [-0.39, 0.29) is 17.1 Å². The Balaban J connectivity index is 2.23. The number of benzene rings is 1. The van der Waals surface area contributed by atoms with Gasteiger partial charge in [-0.3, -0.25) is 14.8 Å². The molecule has 0 amide bonds. The van der Waals surface area contributed by atoms with Crippen molar-refractivity contribution >= 4 is 21.6 Å². The molecule has 2 rings (SSSR count). The van der Waals surface area contributed by atoms with Gasteiger partial charge < -0.3 is 5.11 Å². The van der Waals surface area contributed by atoms with Crippen molar-refractivity contribution in [2.75, 3.05) is 17.8 Å². The van der Waals surface area contributed by atoms with Crippen molar-refractivity contribution in [1.29, 1.82) is 0 Å². The molecule has 1 fully saturated rings. The van der Waals surface area contributed by atoms with Crippen molar-refractivity contribution in [2.24, 2.45) is 0 Å². The highest BCUT2D eigenvalue weighted by Gasteiger charge is 2.24. The van der Waals surface area contributed by atoms with Crippen LogP contribution in [0.1, 0.15) is 25.7 Å². The van der Waals surface area contributed by atoms with E-state index in [9.17, 15) is 23.6 Å². The summed E-state index contributed by atoms with van der Waals surface area (Å²) < 4.78 is 28.1. The molecule has 0 atom stereocenters. The van der Waals surface area contributed by atoms with Crippen molar-refractivity contribution in [2.45, 2.75) is 25.7 Å². The molecule has 0 saturated carbocycles. The van der Waals surface area contributed by atoms with E-state index in [2.05, 4.69) is 4.72 Å². The minimum atomic E-state index is -3.82. The lowest BCUT2D eigenvalue weighted by molar-refractivity contribution is -0.384. The van der Waals surface area contributed by atoms with Crippen LogP contribution in [0.3, 0.4) is 0 Å². The van der Waals surface area contributed by atoms with Gasteiger partial charge >= 0.3 is 10.2 Å². The Morgan fingerprint density at radius 3 is 2.38 bits per heavy atom. The zero-order chi connectivity index (χ0) is 15.5. The second-order valence-electron chi connectivity index (χ2n) is 4.88. The zero-order valence-corrected chi connectivity index (χ0v) is 12.2. The van der Waals surface area contributed by atoms with Crippen LogP contribution in [-0.4, -0.2) is 35.8 Å². The fourth-order valence-corrected chi connectivity index (χ4v) is 3.51. The molecular weight excluding hydrogens is 298 g/mol. The summed E-state index contributed by atoms with van der Waals surface area (Å²) in [6.45, 7) is 0.816. The Morgan fingerprint density at radius 2 is 1.81 bits per heavy atom. The quantitative estimate of drug-likeness (QED) is 0.500. The molecule has 0 spiro atoms. The van der Waals surface area contributed by atoms with E-state index in [1.165, 1.54) is 4.31 Å². The fourth-order valence-electron chi connectivity index (χ4n) is 2.20. The SMILES string of the molecule is O=[N+]([O-])c1ccc(O)c(NS(=O)(=O)N2CCCCCC2)c1. The van der Waals surface area contributed by atoms with E-state index >= 15 is 0 Å². The van der Waals surface area contributed by atoms with Gasteiger partial charge in [-0.25, -0.2) is 0 Å². The first-order valence-corrected chi connectivity index (χ1v) is 8.09. The number of anilines is 1. The number of nitro groups is 1. The van der Waals surface area contributed by atoms with Gasteiger partial charge in [-0.05, 0) is 18.9 Å². The maximum absolute atomic E-state index is 12.3. The molecule has 21 heavy (non-hydrogen) atoms. The summed E-state index contributed by atoms with van der Waals surface area (Å²) in [6.07, 6.45) is 3.52. The molecule has 1 heterocycles. The van der Waals surface area contributed by atoms with E-state index in [1.807, 2.05) is 0 Å². The van der Waals surface area contributed by atoms with Crippen LogP contribution in [0.25, 0.3) is 0 Å². The van der Waals surface area contributed by atoms with Gasteiger partial charge in [0.25, 0.3) is 5.69 Å². The predicted octanol–water partition coefficient (Wildman–Crippen LogP) is 1.83. The number of hydrogen-bond acceptors (Lipinski definition) is 5. The number of non-ortho nitro benzene ring substituents is 1. The molecule has 1 aromatic carbocycles. The van der Waals surface area contributed by atoms with Crippen LogP contribution in [0.15, 0.2) is 18.2 Å². The summed E-state index contributed by atoms with van der Waals surface area (Å²) in [7, 11) is -3.82. The molecule has 1 saturated heterocycles. The van der Waals surface area contributed by atoms with Crippen LogP contribution in [0.4, 0.5) is 11.4 Å². The molecule has 1 aromatic rings. The molecular formula is C12H17N3O5S. The van der Waals surface area contributed by atoms with Crippen LogP contribution in [0, 0.1) is 10.1 Å². The van der Waals surface area contributed by atoms with Crippen molar-refractivity contribution in [1.82, 2.24) is 4.31 Å². The third-order valence-corrected chi connectivity index (χ3v) is 4.86. The fraction of sp³-hybridized carbons (Fsp3) is 0.500. The van der Waals surface area contributed by atoms with E-state index in [4.69, 9.17) is 0 Å². The van der Waals surface area contributed by atoms with Crippen molar-refractivity contribution < 1.29 is 18.4 Å². The zero-order valence-electron chi connectivity index (χ0n) is 11.4. The topological polar surface area (TPSA) is 113 Å². The van der Waals surface area contributed by atoms with Gasteiger partial charge in [0, 0.05) is 25.2 Å². The Hall–Kier alpha value is -1.87. The lowest BCUT2D eigenvalue weighted by Gasteiger charge is -2.21. The monoisotopic (exact) mass is 315 g/mol. The molecule has 2 N–H and O–H groups in total. The second kappa shape index (κ2) is 6.27. The Kier molecular flexibility index (Phi) is 4.63. The van der Waals surface area contributed by atoms with E-state index in [0.29, 0.717) is 13.1 Å². The Bertz CT molecular complexity index is 624. The number of phenols is 1. The molecule has 116 valence electrons. The summed E-state index contributed by atoms with van der Waals surface area (Å²) in [5.41, 5.74) is -0.477. The summed E-state index contributed by atoms with van der Waals surface area (Å²) in [5, 5.41) is 20.4. The van der Waals surface area contributed by atoms with E-state index in [0.717, 1.165) is 43.9 Å². The molecule has 9 heteroatoms. The summed E-state index contributed by atoms with van der Waals surface area (Å²) in [4.78, 5) is 10.1. The van der Waals surface area contributed by atoms with Gasteiger partial charge in [-0.2, -0.15) is 12.7 Å². The maximum atomic E-state index is 12.3. The summed E-state index contributed by atoms with van der Waals surface area (Å²) in [6, 6.07) is 3.21. The molecule has 1 aliphatic rings. The lowest BCUT2D eigenvalue weighted by Crippen LogP contribution is -2.36. The predicted molar refractivity (Wildman–Crippen MR) is 77.3 cm³/mol. The standard InChI is InChI=1S/C12H17N3O5S/c16-12-6-5-10(15(17)18)9-11(12)13-21(19,20)14-7-3-1-2-4-8-14/h5-6,9,13,16H,1-4,7-8H2. The number of hydrogen-bond donors (Lipinski definition) is 2. The van der Waals surface area contributed by atoms with E-state index in [1.54, 1.807) is 0 Å². The molecule has 0 bridgehead atoms. The van der Waals surface area contributed by atoms with Crippen molar-refractivity contribution in [3.63, 3.8) is 0 Å². The summed E-state index contributed by atoms with van der Waals surface area (Å²) >= 11 is 0. The number of rotatable bonds is 4. The molecule has 0 unspecified atom stereocenters. The largest absolute Gasteiger partial charge is 0.506 e. The van der Waals surface area contributed by atoms with Gasteiger partial charge in [-0.1, -0.05) is 12.8 Å². The van der Waals surface area contributed by atoms with E-state index < -0.39 is 15.1 Å². The number of aromatic hydroxyl groups is 1. The third-order valence-electron chi connectivity index (χ3n) is 3.33. The van der Waals surface area contributed by atoms with Crippen LogP contribution >= 0.6 is 0 Å². The van der Waals surface area contributed by atoms with Crippen LogP contribution in [-0.2, 0) is 10.2 Å². The Morgan fingerprint density at radius 1 is 1.19 bits per heavy atom. The first-order valence-electron chi connectivity index (χ1n) is 6.65. The summed E-state index contributed by atoms with van der Waals surface area (Å²) in [5.74, 6) is -0.348. The van der Waals surface area contributed by atoms with Gasteiger partial charge in [0.1, 0.15) is 5.75 Å². The van der Waals surface area contributed by atoms with Crippen molar-refractivity contribution in [3.8, 4) is 5.75 Å². The van der Waals surface area contributed by atoms with Gasteiger partial charge in [0.2, 0.25) is 0 Å². The first-order chi connectivity index (χ1) is 9.90. The Labute approximate surface area is 122 Å². The molecule has 0 aliphatic carbocycles. The minimum Gasteiger partial charge on any atom is -0.506 e. The lowest BCUT2D eigenvalue weighted by atomic mass is 10.2. The highest BCUT2D eigenvalue weighted by Crippen LogP contribution is 2.29. The van der Waals surface area contributed by atoms with Crippen molar-refractivity contribution in [3.05, 3.63) is 28.3 Å². The second-order valence-corrected chi connectivity index (χ2v) is 6.55. The molecule has 8 nitrogen and oxygen atoms in total. The number of nitro benzene ring substituents is 1. The van der Waals surface area contributed by atoms with Crippen LogP contribution in [0.2, 0.25) is 0 Å². The smallest absolute Gasteiger partial charge is 0.301 e. The first kappa shape index (κ1) is 15.5. The highest BCUT2D eigenvalue weighted by molar-refractivity contribution is 7.90. The average molecular weight is 315 g/mol. The number of phenolic OH excluding ortho intramolecular Hbond substituents is 1. The minimum absolute atomic E-state index is 0.187. The van der Waals surface area contributed by atoms with Crippen LogP contribution < -0.4 is 4.72 Å². The van der Waals surface area contributed by atoms with Gasteiger partial charge in [0.15, 0.2) is 0 Å². The van der Waals surface area contributed by atoms with Gasteiger partial charge in [0.05, 0.1) is 10.6 Å². The molecule has 1 aliphatic heterocycles. The molecule has 0 radical (unpaired) electrons.